The normalized spacial score (nSPS) is 19.3. The summed E-state index contributed by atoms with van der Waals surface area (Å²) in [5.74, 6) is 0.952. The van der Waals surface area contributed by atoms with Gasteiger partial charge in [0.1, 0.15) is 11.1 Å². The van der Waals surface area contributed by atoms with Crippen molar-refractivity contribution in [3.8, 4) is 0 Å². The summed E-state index contributed by atoms with van der Waals surface area (Å²) in [4.78, 5) is 17.5. The van der Waals surface area contributed by atoms with Crippen LogP contribution < -0.4 is 0 Å². The maximum absolute atomic E-state index is 12.8. The van der Waals surface area contributed by atoms with Crippen LogP contribution in [0.4, 0.5) is 0 Å². The van der Waals surface area contributed by atoms with Gasteiger partial charge in [-0.3, -0.25) is 4.79 Å². The number of nitrogens with zero attached hydrogens (tertiary/aromatic N) is 1. The van der Waals surface area contributed by atoms with Crippen molar-refractivity contribution < 1.29 is 13.2 Å². The Labute approximate surface area is 140 Å². The van der Waals surface area contributed by atoms with Crippen LogP contribution in [0.15, 0.2) is 18.2 Å². The van der Waals surface area contributed by atoms with Gasteiger partial charge in [-0.15, -0.1) is 0 Å². The number of hydrogen-bond donors (Lipinski definition) is 1. The zero-order chi connectivity index (χ0) is 16.8. The third-order valence-corrected chi connectivity index (χ3v) is 6.80. The monoisotopic (exact) mass is 352 g/mol. The summed E-state index contributed by atoms with van der Waals surface area (Å²) in [7, 11) is -3.30. The van der Waals surface area contributed by atoms with Crippen LogP contribution >= 0.6 is 11.8 Å². The minimum absolute atomic E-state index is 0.242. The van der Waals surface area contributed by atoms with E-state index in [0.29, 0.717) is 18.0 Å². The van der Waals surface area contributed by atoms with E-state index in [1.54, 1.807) is 11.8 Å². The third kappa shape index (κ3) is 3.12. The third-order valence-electron chi connectivity index (χ3n) is 4.16. The highest BCUT2D eigenvalue weighted by Gasteiger charge is 2.35. The van der Waals surface area contributed by atoms with Gasteiger partial charge in [-0.2, -0.15) is 11.8 Å². The van der Waals surface area contributed by atoms with Gasteiger partial charge >= 0.3 is 0 Å². The van der Waals surface area contributed by atoms with Crippen molar-refractivity contribution in [2.45, 2.75) is 19.2 Å². The number of H-pyrrole nitrogens is 1. The van der Waals surface area contributed by atoms with Gasteiger partial charge in [-0.05, 0) is 37.1 Å². The van der Waals surface area contributed by atoms with Gasteiger partial charge in [0.25, 0.3) is 5.91 Å². The first-order valence-corrected chi connectivity index (χ1v) is 10.6. The molecule has 1 amide bonds. The lowest BCUT2D eigenvalue weighted by atomic mass is 10.1. The van der Waals surface area contributed by atoms with Crippen LogP contribution in [0.5, 0.6) is 0 Å². The highest BCUT2D eigenvalue weighted by molar-refractivity contribution is 8.00. The van der Waals surface area contributed by atoms with E-state index in [1.807, 2.05) is 26.0 Å². The summed E-state index contributed by atoms with van der Waals surface area (Å²) < 4.78 is 24.0. The molecule has 0 saturated carbocycles. The quantitative estimate of drug-likeness (QED) is 0.901. The molecule has 23 heavy (non-hydrogen) atoms. The number of rotatable bonds is 2. The number of hydrogen-bond acceptors (Lipinski definition) is 4. The van der Waals surface area contributed by atoms with E-state index < -0.39 is 15.2 Å². The SMILES string of the molecule is Cc1cc(C)c2cc(C(=O)N3CCSCC3S(C)(=O)=O)[nH]c2c1. The maximum Gasteiger partial charge on any atom is 0.271 e. The molecule has 5 nitrogen and oxygen atoms in total. The molecule has 1 saturated heterocycles. The van der Waals surface area contributed by atoms with Gasteiger partial charge in [-0.1, -0.05) is 6.07 Å². The molecule has 1 aliphatic rings. The second-order valence-corrected chi connectivity index (χ2v) is 9.44. The second kappa shape index (κ2) is 5.87. The first-order valence-electron chi connectivity index (χ1n) is 7.45. The van der Waals surface area contributed by atoms with Crippen LogP contribution in [0, 0.1) is 13.8 Å². The fourth-order valence-corrected chi connectivity index (χ4v) is 5.85. The van der Waals surface area contributed by atoms with Crippen molar-refractivity contribution in [2.75, 3.05) is 24.3 Å². The van der Waals surface area contributed by atoms with E-state index in [2.05, 4.69) is 11.1 Å². The first-order chi connectivity index (χ1) is 10.8. The predicted octanol–water partition coefficient (Wildman–Crippen LogP) is 2.34. The Morgan fingerprint density at radius 2 is 2.04 bits per heavy atom. The second-order valence-electron chi connectivity index (χ2n) is 6.08. The largest absolute Gasteiger partial charge is 0.351 e. The van der Waals surface area contributed by atoms with Crippen molar-refractivity contribution >= 4 is 38.4 Å². The fraction of sp³-hybridized carbons (Fsp3) is 0.438. The van der Waals surface area contributed by atoms with E-state index in [9.17, 15) is 13.2 Å². The number of carbonyl (C=O) groups excluding carboxylic acids is 1. The number of thioether (sulfide) groups is 1. The van der Waals surface area contributed by atoms with Gasteiger partial charge < -0.3 is 9.88 Å². The minimum Gasteiger partial charge on any atom is -0.351 e. The zero-order valence-electron chi connectivity index (χ0n) is 13.4. The van der Waals surface area contributed by atoms with Gasteiger partial charge in [0.2, 0.25) is 0 Å². The van der Waals surface area contributed by atoms with E-state index in [1.165, 1.54) is 11.2 Å². The lowest BCUT2D eigenvalue weighted by molar-refractivity contribution is 0.0744. The molecule has 0 bridgehead atoms. The Morgan fingerprint density at radius 3 is 2.74 bits per heavy atom. The summed E-state index contributed by atoms with van der Waals surface area (Å²) in [6, 6.07) is 5.90. The highest BCUT2D eigenvalue weighted by atomic mass is 32.2. The minimum atomic E-state index is -3.30. The van der Waals surface area contributed by atoms with E-state index in [0.717, 1.165) is 27.8 Å². The van der Waals surface area contributed by atoms with Crippen molar-refractivity contribution in [1.82, 2.24) is 9.88 Å². The molecule has 0 radical (unpaired) electrons. The summed E-state index contributed by atoms with van der Waals surface area (Å²) in [5.41, 5.74) is 3.59. The van der Waals surface area contributed by atoms with Crippen LogP contribution in [0.25, 0.3) is 10.9 Å². The zero-order valence-corrected chi connectivity index (χ0v) is 15.1. The topological polar surface area (TPSA) is 70.2 Å². The van der Waals surface area contributed by atoms with Crippen molar-refractivity contribution in [3.63, 3.8) is 0 Å². The fourth-order valence-electron chi connectivity index (χ4n) is 3.04. The predicted molar refractivity (Wildman–Crippen MR) is 94.8 cm³/mol. The molecule has 7 heteroatoms. The number of fused-ring (bicyclic) bond motifs is 1. The molecule has 1 fully saturated rings. The highest BCUT2D eigenvalue weighted by Crippen LogP contribution is 2.25. The first kappa shape index (κ1) is 16.4. The molecule has 2 aromatic rings. The summed E-state index contributed by atoms with van der Waals surface area (Å²) in [6.45, 7) is 4.47. The summed E-state index contributed by atoms with van der Waals surface area (Å²) in [5, 5.41) is 0.254. The molecular formula is C16H20N2O3S2. The lowest BCUT2D eigenvalue weighted by Gasteiger charge is -2.33. The smallest absolute Gasteiger partial charge is 0.271 e. The summed E-state index contributed by atoms with van der Waals surface area (Å²) in [6.07, 6.45) is 1.20. The van der Waals surface area contributed by atoms with Crippen molar-refractivity contribution in [2.24, 2.45) is 0 Å². The number of sulfone groups is 1. The van der Waals surface area contributed by atoms with E-state index in [-0.39, 0.29) is 5.91 Å². The maximum atomic E-state index is 12.8. The van der Waals surface area contributed by atoms with Crippen LogP contribution in [0.2, 0.25) is 0 Å². The average Bonchev–Trinajstić information content (AvgIpc) is 2.90. The van der Waals surface area contributed by atoms with E-state index >= 15 is 0 Å². The molecule has 0 spiro atoms. The number of carbonyl (C=O) groups is 1. The molecule has 1 aliphatic heterocycles. The van der Waals surface area contributed by atoms with Crippen molar-refractivity contribution in [1.29, 1.82) is 0 Å². The number of aryl methyl sites for hydroxylation is 2. The number of benzene rings is 1. The Balaban J connectivity index is 2.00. The Kier molecular flexibility index (Phi) is 4.18. The molecule has 1 atom stereocenters. The molecule has 2 heterocycles. The van der Waals surface area contributed by atoms with Crippen LogP contribution in [0.1, 0.15) is 21.6 Å². The Morgan fingerprint density at radius 1 is 1.30 bits per heavy atom. The van der Waals surface area contributed by atoms with Crippen LogP contribution in [-0.4, -0.2) is 53.9 Å². The van der Waals surface area contributed by atoms with Crippen LogP contribution in [0.3, 0.4) is 0 Å². The molecule has 1 N–H and O–H groups in total. The summed E-state index contributed by atoms with van der Waals surface area (Å²) >= 11 is 1.57. The van der Waals surface area contributed by atoms with Crippen LogP contribution in [-0.2, 0) is 9.84 Å². The van der Waals surface area contributed by atoms with Crippen molar-refractivity contribution in [3.05, 3.63) is 35.0 Å². The molecular weight excluding hydrogens is 332 g/mol. The number of amides is 1. The molecule has 3 rings (SSSR count). The molecule has 1 unspecified atom stereocenters. The lowest BCUT2D eigenvalue weighted by Crippen LogP contribution is -2.50. The Hall–Kier alpha value is -1.47. The number of nitrogens with one attached hydrogen (secondary N) is 1. The Bertz CT molecular complexity index is 871. The number of aromatic amines is 1. The van der Waals surface area contributed by atoms with E-state index in [4.69, 9.17) is 0 Å². The average molecular weight is 352 g/mol. The molecule has 1 aromatic carbocycles. The molecule has 0 aliphatic carbocycles. The van der Waals surface area contributed by atoms with Gasteiger partial charge in [-0.25, -0.2) is 8.42 Å². The molecule has 124 valence electrons. The van der Waals surface area contributed by atoms with Gasteiger partial charge in [0.15, 0.2) is 9.84 Å². The standard InChI is InChI=1S/C16H20N2O3S2/c1-10-6-11(2)12-8-14(17-13(12)7-10)16(19)18-4-5-22-9-15(18)23(3,20)21/h6-8,15,17H,4-5,9H2,1-3H3. The van der Waals surface area contributed by atoms with Gasteiger partial charge in [0.05, 0.1) is 0 Å². The number of aromatic nitrogens is 1. The van der Waals surface area contributed by atoms with Gasteiger partial charge in [0, 0.05) is 35.2 Å². The molecule has 1 aromatic heterocycles.